The fourth-order valence-electron chi connectivity index (χ4n) is 0.823. The van der Waals surface area contributed by atoms with Gasteiger partial charge in [0.1, 0.15) is 6.04 Å². The fraction of sp³-hybridized carbons (Fsp3) is 0.800. The van der Waals surface area contributed by atoms with Gasteiger partial charge in [-0.25, -0.2) is 5.43 Å². The van der Waals surface area contributed by atoms with E-state index >= 15 is 0 Å². The van der Waals surface area contributed by atoms with Crippen LogP contribution in [0.3, 0.4) is 0 Å². The smallest absolute Gasteiger partial charge is 0.291 e. The second-order valence-electron chi connectivity index (χ2n) is 2.33. The highest BCUT2D eigenvalue weighted by Crippen LogP contribution is 2.24. The van der Waals surface area contributed by atoms with Gasteiger partial charge in [0.15, 0.2) is 0 Å². The van der Waals surface area contributed by atoms with Crippen molar-refractivity contribution in [1.29, 1.82) is 0 Å². The highest BCUT2D eigenvalue weighted by Gasteiger charge is 2.41. The molecule has 3 nitrogen and oxygen atoms in total. The first-order valence-corrected chi connectivity index (χ1v) is 3.11. The lowest BCUT2D eigenvalue weighted by molar-refractivity contribution is -0.166. The molecule has 64 valence electrons. The Morgan fingerprint density at radius 2 is 2.09 bits per heavy atom. The van der Waals surface area contributed by atoms with Crippen LogP contribution in [0.15, 0.2) is 0 Å². The molecular formula is C5H7F3N2O. The molecule has 0 radical (unpaired) electrons. The highest BCUT2D eigenvalue weighted by molar-refractivity contribution is 5.76. The van der Waals surface area contributed by atoms with Crippen LogP contribution in [0.1, 0.15) is 12.8 Å². The zero-order valence-electron chi connectivity index (χ0n) is 5.53. The molecule has 1 rings (SSSR count). The zero-order valence-corrected chi connectivity index (χ0v) is 5.53. The van der Waals surface area contributed by atoms with Gasteiger partial charge in [-0.15, -0.1) is 0 Å². The van der Waals surface area contributed by atoms with Crippen LogP contribution in [0.5, 0.6) is 0 Å². The maximum absolute atomic E-state index is 11.9. The summed E-state index contributed by atoms with van der Waals surface area (Å²) in [5.74, 6) is -0.398. The molecule has 0 saturated carbocycles. The summed E-state index contributed by atoms with van der Waals surface area (Å²) in [6.07, 6.45) is -4.53. The number of carbonyl (C=O) groups excluding carboxylic acids is 1. The molecule has 1 heterocycles. The van der Waals surface area contributed by atoms with E-state index in [1.165, 1.54) is 0 Å². The van der Waals surface area contributed by atoms with E-state index in [9.17, 15) is 18.0 Å². The first-order valence-electron chi connectivity index (χ1n) is 3.11. The summed E-state index contributed by atoms with van der Waals surface area (Å²) in [5, 5.41) is 0. The van der Waals surface area contributed by atoms with Crippen LogP contribution in [0.2, 0.25) is 0 Å². The zero-order chi connectivity index (χ0) is 8.48. The number of amides is 1. The molecule has 0 bridgehead atoms. The minimum Gasteiger partial charge on any atom is -0.291 e. The van der Waals surface area contributed by atoms with Crippen LogP contribution in [0.4, 0.5) is 13.2 Å². The van der Waals surface area contributed by atoms with Crippen molar-refractivity contribution < 1.29 is 18.0 Å². The molecule has 1 aliphatic heterocycles. The van der Waals surface area contributed by atoms with E-state index in [-0.39, 0.29) is 12.8 Å². The van der Waals surface area contributed by atoms with Crippen LogP contribution >= 0.6 is 0 Å². The number of nitrogens with one attached hydrogen (secondary N) is 2. The van der Waals surface area contributed by atoms with Crippen LogP contribution in [-0.4, -0.2) is 18.1 Å². The Bertz CT molecular complexity index is 158. The van der Waals surface area contributed by atoms with Gasteiger partial charge >= 0.3 is 6.18 Å². The molecule has 0 aromatic rings. The summed E-state index contributed by atoms with van der Waals surface area (Å²) < 4.78 is 35.6. The van der Waals surface area contributed by atoms with Crippen LogP contribution in [0, 0.1) is 0 Å². The molecule has 1 saturated heterocycles. The second-order valence-corrected chi connectivity index (χ2v) is 2.33. The van der Waals surface area contributed by atoms with Gasteiger partial charge in [-0.2, -0.15) is 13.2 Å². The summed E-state index contributed by atoms with van der Waals surface area (Å²) >= 11 is 0. The van der Waals surface area contributed by atoms with E-state index < -0.39 is 18.1 Å². The summed E-state index contributed by atoms with van der Waals surface area (Å²) in [6, 6.07) is -1.60. The summed E-state index contributed by atoms with van der Waals surface area (Å²) in [7, 11) is 0. The van der Waals surface area contributed by atoms with E-state index in [0.29, 0.717) is 0 Å². The van der Waals surface area contributed by atoms with Gasteiger partial charge in [0, 0.05) is 6.42 Å². The maximum Gasteiger partial charge on any atom is 0.405 e. The van der Waals surface area contributed by atoms with Gasteiger partial charge in [0.2, 0.25) is 5.91 Å². The van der Waals surface area contributed by atoms with Crippen molar-refractivity contribution in [3.63, 3.8) is 0 Å². The SMILES string of the molecule is O=C1CCC(C(F)(F)F)NN1. The molecule has 1 amide bonds. The minimum atomic E-state index is -4.27. The van der Waals surface area contributed by atoms with Gasteiger partial charge in [-0.1, -0.05) is 0 Å². The summed E-state index contributed by atoms with van der Waals surface area (Å²) in [5.41, 5.74) is 3.81. The Kier molecular flexibility index (Phi) is 2.03. The Morgan fingerprint density at radius 1 is 1.45 bits per heavy atom. The van der Waals surface area contributed by atoms with E-state index in [1.54, 1.807) is 0 Å². The lowest BCUT2D eigenvalue weighted by atomic mass is 10.1. The maximum atomic E-state index is 11.9. The average molecular weight is 168 g/mol. The van der Waals surface area contributed by atoms with Crippen molar-refractivity contribution in [2.24, 2.45) is 0 Å². The quantitative estimate of drug-likeness (QED) is 0.547. The molecule has 2 N–H and O–H groups in total. The van der Waals surface area contributed by atoms with Gasteiger partial charge in [0.25, 0.3) is 0 Å². The fourth-order valence-corrected chi connectivity index (χ4v) is 0.823. The molecule has 1 atom stereocenters. The molecule has 0 aliphatic carbocycles. The third-order valence-corrected chi connectivity index (χ3v) is 1.44. The lowest BCUT2D eigenvalue weighted by Gasteiger charge is -2.25. The Hall–Kier alpha value is -0.780. The van der Waals surface area contributed by atoms with Crippen LogP contribution < -0.4 is 10.9 Å². The van der Waals surface area contributed by atoms with Gasteiger partial charge in [-0.05, 0) is 6.42 Å². The Labute approximate surface area is 60.9 Å². The molecule has 1 unspecified atom stereocenters. The Morgan fingerprint density at radius 3 is 2.45 bits per heavy atom. The summed E-state index contributed by atoms with van der Waals surface area (Å²) in [4.78, 5) is 10.4. The number of hydrogen-bond acceptors (Lipinski definition) is 2. The molecule has 11 heavy (non-hydrogen) atoms. The predicted octanol–water partition coefficient (Wildman–Crippen LogP) is 0.332. The number of carbonyl (C=O) groups is 1. The largest absolute Gasteiger partial charge is 0.405 e. The standard InChI is InChI=1S/C5H7F3N2O/c6-5(7,8)3-1-2-4(11)10-9-3/h3,9H,1-2H2,(H,10,11). The number of hydrogen-bond donors (Lipinski definition) is 2. The third-order valence-electron chi connectivity index (χ3n) is 1.44. The van der Waals surface area contributed by atoms with E-state index in [2.05, 4.69) is 0 Å². The monoisotopic (exact) mass is 168 g/mol. The first-order chi connectivity index (χ1) is 5.00. The second kappa shape index (κ2) is 2.69. The van der Waals surface area contributed by atoms with Crippen molar-refractivity contribution in [3.8, 4) is 0 Å². The van der Waals surface area contributed by atoms with E-state index in [4.69, 9.17) is 0 Å². The Balaban J connectivity index is 2.45. The predicted molar refractivity (Wildman–Crippen MR) is 30.4 cm³/mol. The van der Waals surface area contributed by atoms with E-state index in [1.807, 2.05) is 10.9 Å². The average Bonchev–Trinajstić information content (AvgIpc) is 1.86. The highest BCUT2D eigenvalue weighted by atomic mass is 19.4. The van der Waals surface area contributed by atoms with Crippen molar-refractivity contribution in [2.75, 3.05) is 0 Å². The molecule has 0 spiro atoms. The topological polar surface area (TPSA) is 41.1 Å². The molecule has 1 aliphatic rings. The summed E-state index contributed by atoms with van der Waals surface area (Å²) in [6.45, 7) is 0. The first kappa shape index (κ1) is 8.32. The molecule has 1 fully saturated rings. The molecular weight excluding hydrogens is 161 g/mol. The van der Waals surface area contributed by atoms with Crippen molar-refractivity contribution in [3.05, 3.63) is 0 Å². The van der Waals surface area contributed by atoms with Crippen molar-refractivity contribution in [1.82, 2.24) is 10.9 Å². The number of alkyl halides is 3. The molecule has 0 aromatic carbocycles. The van der Waals surface area contributed by atoms with Crippen molar-refractivity contribution >= 4 is 5.91 Å². The van der Waals surface area contributed by atoms with Crippen LogP contribution in [-0.2, 0) is 4.79 Å². The molecule has 0 aromatic heterocycles. The van der Waals surface area contributed by atoms with Crippen molar-refractivity contribution in [2.45, 2.75) is 25.1 Å². The number of rotatable bonds is 0. The van der Waals surface area contributed by atoms with Gasteiger partial charge in [0.05, 0.1) is 0 Å². The third kappa shape index (κ3) is 2.07. The van der Waals surface area contributed by atoms with Crippen LogP contribution in [0.25, 0.3) is 0 Å². The lowest BCUT2D eigenvalue weighted by Crippen LogP contribution is -2.55. The molecule has 6 heteroatoms. The van der Waals surface area contributed by atoms with Gasteiger partial charge in [-0.3, -0.25) is 10.2 Å². The normalized spacial score (nSPS) is 26.5. The van der Waals surface area contributed by atoms with Gasteiger partial charge < -0.3 is 0 Å². The number of hydrazine groups is 1. The number of halogens is 3. The van der Waals surface area contributed by atoms with E-state index in [0.717, 1.165) is 0 Å². The minimum absolute atomic E-state index is 0.0722.